The monoisotopic (exact) mass is 606 g/mol. The molecule has 14 N–H and O–H groups in total. The molecular formula is C26H50N6O10. The molecule has 0 aromatic carbocycles. The van der Waals surface area contributed by atoms with Gasteiger partial charge in [-0.1, -0.05) is 0 Å². The van der Waals surface area contributed by atoms with Crippen LogP contribution in [0.15, 0.2) is 0 Å². The number of likely N-dealkylation sites (N-methyl/N-ethyl adjacent to an activating group) is 1. The number of carbonyl (C=O) groups is 1. The van der Waals surface area contributed by atoms with Crippen LogP contribution in [0, 0.1) is 11.8 Å². The van der Waals surface area contributed by atoms with E-state index in [-0.39, 0.29) is 50.5 Å². The largest absolute Gasteiger partial charge is 0.395 e. The molecule has 4 fully saturated rings. The van der Waals surface area contributed by atoms with Crippen molar-refractivity contribution in [2.24, 2.45) is 29.0 Å². The zero-order valence-corrected chi connectivity index (χ0v) is 24.2. The smallest absolute Gasteiger partial charge is 0.249 e. The Morgan fingerprint density at radius 1 is 1.12 bits per heavy atom. The second-order valence-electron chi connectivity index (χ2n) is 12.2. The second kappa shape index (κ2) is 14.3. The van der Waals surface area contributed by atoms with Gasteiger partial charge >= 0.3 is 0 Å². The summed E-state index contributed by atoms with van der Waals surface area (Å²) in [7, 11) is 1.58. The van der Waals surface area contributed by atoms with E-state index in [1.807, 2.05) is 0 Å². The molecule has 244 valence electrons. The molecule has 2 aliphatic heterocycles. The highest BCUT2D eigenvalue weighted by Gasteiger charge is 2.58. The Labute approximate surface area is 245 Å². The maximum absolute atomic E-state index is 12.7. The van der Waals surface area contributed by atoms with E-state index >= 15 is 0 Å². The third kappa shape index (κ3) is 7.40. The average Bonchev–Trinajstić information content (AvgIpc) is 3.60. The van der Waals surface area contributed by atoms with Crippen LogP contribution in [0.25, 0.3) is 0 Å². The van der Waals surface area contributed by atoms with E-state index in [1.54, 1.807) is 7.05 Å². The number of ether oxygens (including phenoxy) is 4. The zero-order valence-electron chi connectivity index (χ0n) is 24.2. The number of rotatable bonds is 13. The van der Waals surface area contributed by atoms with Crippen LogP contribution in [0.5, 0.6) is 0 Å². The van der Waals surface area contributed by atoms with Gasteiger partial charge in [0.1, 0.15) is 36.1 Å². The molecular weight excluding hydrogens is 556 g/mol. The molecule has 2 heterocycles. The van der Waals surface area contributed by atoms with Crippen LogP contribution in [0.1, 0.15) is 26.2 Å². The van der Waals surface area contributed by atoms with Gasteiger partial charge in [-0.3, -0.25) is 4.79 Å². The van der Waals surface area contributed by atoms with Gasteiger partial charge in [-0.15, -0.1) is 0 Å². The van der Waals surface area contributed by atoms with Crippen LogP contribution in [0.3, 0.4) is 0 Å². The summed E-state index contributed by atoms with van der Waals surface area (Å²) in [6.45, 7) is 2.64. The Morgan fingerprint density at radius 2 is 1.83 bits per heavy atom. The first kappa shape index (κ1) is 33.8. The zero-order chi connectivity index (χ0) is 30.8. The van der Waals surface area contributed by atoms with Crippen LogP contribution in [-0.4, -0.2) is 150 Å². The van der Waals surface area contributed by atoms with Gasteiger partial charge in [0.25, 0.3) is 0 Å². The number of nitrogens with one attached hydrogen (secondary N) is 3. The van der Waals surface area contributed by atoms with Gasteiger partial charge < -0.3 is 77.6 Å². The van der Waals surface area contributed by atoms with Gasteiger partial charge in [0.2, 0.25) is 5.91 Å². The highest BCUT2D eigenvalue weighted by Crippen LogP contribution is 2.49. The lowest BCUT2D eigenvalue weighted by Gasteiger charge is -2.49. The summed E-state index contributed by atoms with van der Waals surface area (Å²) in [5.41, 5.74) is 16.9. The van der Waals surface area contributed by atoms with Gasteiger partial charge in [0.15, 0.2) is 12.6 Å². The van der Waals surface area contributed by atoms with E-state index in [9.17, 15) is 25.2 Å². The van der Waals surface area contributed by atoms with Crippen LogP contribution in [0.2, 0.25) is 0 Å². The fraction of sp³-hybridized carbons (Fsp3) is 0.962. The normalized spacial score (nSPS) is 46.1. The first-order valence-electron chi connectivity index (χ1n) is 14.8. The topological polar surface area (TPSA) is 269 Å². The Bertz CT molecular complexity index is 891. The van der Waals surface area contributed by atoms with E-state index in [0.717, 1.165) is 0 Å². The molecule has 2 saturated heterocycles. The molecule has 0 bridgehead atoms. The predicted octanol–water partition coefficient (Wildman–Crippen LogP) is -5.63. The molecule has 4 rings (SSSR count). The molecule has 42 heavy (non-hydrogen) atoms. The quantitative estimate of drug-likeness (QED) is 0.0872. The first-order chi connectivity index (χ1) is 19.9. The van der Waals surface area contributed by atoms with Gasteiger partial charge in [-0.05, 0) is 45.7 Å². The molecule has 16 nitrogen and oxygen atoms in total. The summed E-state index contributed by atoms with van der Waals surface area (Å²) in [4.78, 5) is 12.7. The Balaban J connectivity index is 1.47. The van der Waals surface area contributed by atoms with E-state index < -0.39 is 78.8 Å². The number of nitrogens with two attached hydrogens (primary N) is 3. The molecule has 0 aromatic heterocycles. The fourth-order valence-electron chi connectivity index (χ4n) is 6.53. The summed E-state index contributed by atoms with van der Waals surface area (Å²) in [6, 6.07) is -2.96. The van der Waals surface area contributed by atoms with Gasteiger partial charge in [0.05, 0.1) is 37.4 Å². The van der Waals surface area contributed by atoms with Crippen molar-refractivity contribution in [3.8, 4) is 0 Å². The molecule has 16 heteroatoms. The molecule has 0 radical (unpaired) electrons. The van der Waals surface area contributed by atoms with E-state index in [0.29, 0.717) is 19.5 Å². The summed E-state index contributed by atoms with van der Waals surface area (Å²) < 4.78 is 24.1. The lowest BCUT2D eigenvalue weighted by atomic mass is 9.83. The number of aliphatic hydroxyl groups is 5. The molecule has 0 spiro atoms. The molecule has 4 aliphatic rings. The molecule has 0 aromatic rings. The van der Waals surface area contributed by atoms with E-state index in [2.05, 4.69) is 16.0 Å². The molecule has 2 aliphatic carbocycles. The predicted molar refractivity (Wildman–Crippen MR) is 147 cm³/mol. The fourth-order valence-corrected chi connectivity index (χ4v) is 6.53. The van der Waals surface area contributed by atoms with Crippen molar-refractivity contribution in [2.75, 3.05) is 39.9 Å². The SMILES string of the molecule is CNC1C(O)C(OC2C(NC(=O)C(O)CCN)CC(N)C(OC3OC4C(CNCCO)C4CC3N)C2O)OCC1(C)O. The summed E-state index contributed by atoms with van der Waals surface area (Å²) in [5, 5.41) is 61.1. The molecule has 1 amide bonds. The second-order valence-corrected chi connectivity index (χ2v) is 12.2. The number of amides is 1. The number of hydrogen-bond acceptors (Lipinski definition) is 15. The average molecular weight is 607 g/mol. The van der Waals surface area contributed by atoms with Crippen molar-refractivity contribution in [1.29, 1.82) is 0 Å². The van der Waals surface area contributed by atoms with Crippen molar-refractivity contribution in [2.45, 2.75) is 105 Å². The van der Waals surface area contributed by atoms with Crippen LogP contribution in [0.4, 0.5) is 0 Å². The van der Waals surface area contributed by atoms with Crippen molar-refractivity contribution in [3.63, 3.8) is 0 Å². The minimum Gasteiger partial charge on any atom is -0.395 e. The number of hydrogen-bond donors (Lipinski definition) is 11. The molecule has 15 atom stereocenters. The third-order valence-corrected chi connectivity index (χ3v) is 8.92. The summed E-state index contributed by atoms with van der Waals surface area (Å²) >= 11 is 0. The number of carbonyl (C=O) groups excluding carboxylic acids is 1. The maximum atomic E-state index is 12.7. The number of aliphatic hydroxyl groups excluding tert-OH is 4. The van der Waals surface area contributed by atoms with Crippen LogP contribution >= 0.6 is 0 Å². The first-order valence-corrected chi connectivity index (χ1v) is 14.8. The summed E-state index contributed by atoms with van der Waals surface area (Å²) in [6.07, 6.45) is -7.76. The van der Waals surface area contributed by atoms with Crippen molar-refractivity contribution in [1.82, 2.24) is 16.0 Å². The third-order valence-electron chi connectivity index (χ3n) is 8.92. The lowest BCUT2D eigenvalue weighted by Crippen LogP contribution is -2.69. The van der Waals surface area contributed by atoms with Crippen LogP contribution in [-0.2, 0) is 23.7 Å². The molecule has 2 saturated carbocycles. The lowest BCUT2D eigenvalue weighted by molar-refractivity contribution is -0.306. The minimum absolute atomic E-state index is 0.0311. The molecule has 15 unspecified atom stereocenters. The van der Waals surface area contributed by atoms with E-state index in [1.165, 1.54) is 6.92 Å². The van der Waals surface area contributed by atoms with Crippen molar-refractivity contribution < 1.29 is 49.3 Å². The van der Waals surface area contributed by atoms with Crippen molar-refractivity contribution >= 4 is 5.91 Å². The minimum atomic E-state index is -1.42. The van der Waals surface area contributed by atoms with Crippen LogP contribution < -0.4 is 33.2 Å². The van der Waals surface area contributed by atoms with Crippen molar-refractivity contribution in [3.05, 3.63) is 0 Å². The van der Waals surface area contributed by atoms with E-state index in [4.69, 9.17) is 41.3 Å². The Hall–Kier alpha value is -1.09. The highest BCUT2D eigenvalue weighted by atomic mass is 16.7. The summed E-state index contributed by atoms with van der Waals surface area (Å²) in [5.74, 6) is -0.204. The standard InChI is InChI=1S/C26H50N6O10/c1-26(38)10-39-25(18(36)22(26)30-2)42-21-15(32-23(37)16(34)3-4-27)8-13(28)20(17(21)35)41-24-14(29)7-11-12(19(11)40-24)9-31-5-6-33/h11-22,24-25,30-31,33-36,38H,3-10,27-29H2,1-2H3,(H,32,37). The Morgan fingerprint density at radius 3 is 2.50 bits per heavy atom. The Kier molecular flexibility index (Phi) is 11.5. The van der Waals surface area contributed by atoms with Gasteiger partial charge in [-0.25, -0.2) is 0 Å². The maximum Gasteiger partial charge on any atom is 0.249 e. The van der Waals surface area contributed by atoms with Gasteiger partial charge in [-0.2, -0.15) is 0 Å². The number of fused-ring (bicyclic) bond motifs is 1. The van der Waals surface area contributed by atoms with Gasteiger partial charge in [0, 0.05) is 25.0 Å². The highest BCUT2D eigenvalue weighted by molar-refractivity contribution is 5.80.